The minimum absolute atomic E-state index is 0.00877. The van der Waals surface area contributed by atoms with E-state index < -0.39 is 0 Å². The number of amides is 1. The van der Waals surface area contributed by atoms with Crippen LogP contribution < -0.4 is 16.0 Å². The Bertz CT molecular complexity index is 1090. The molecule has 0 bridgehead atoms. The van der Waals surface area contributed by atoms with Crippen molar-refractivity contribution in [1.82, 2.24) is 25.5 Å². The molecular formula is C22H25BrN6OS. The highest BCUT2D eigenvalue weighted by Crippen LogP contribution is 2.37. The van der Waals surface area contributed by atoms with Crippen molar-refractivity contribution in [2.45, 2.75) is 18.9 Å². The average molecular weight is 501 g/mol. The molecule has 0 unspecified atom stereocenters. The SMILES string of the molecule is O=C(NC1CC1)c1cccc2sc(-c3nc(NCCN4CCNCC4)ncc3Br)cc12. The fraction of sp³-hybridized carbons (Fsp3) is 0.409. The zero-order valence-corrected chi connectivity index (χ0v) is 19.6. The van der Waals surface area contributed by atoms with Gasteiger partial charge in [-0.15, -0.1) is 11.3 Å². The van der Waals surface area contributed by atoms with E-state index in [1.165, 1.54) is 0 Å². The van der Waals surface area contributed by atoms with Gasteiger partial charge < -0.3 is 16.0 Å². The van der Waals surface area contributed by atoms with Crippen LogP contribution in [0.1, 0.15) is 23.2 Å². The first kappa shape index (κ1) is 20.8. The van der Waals surface area contributed by atoms with E-state index in [0.29, 0.717) is 12.0 Å². The predicted octanol–water partition coefficient (Wildman–Crippen LogP) is 3.33. The summed E-state index contributed by atoms with van der Waals surface area (Å²) < 4.78 is 1.92. The van der Waals surface area contributed by atoms with Crippen molar-refractivity contribution in [3.63, 3.8) is 0 Å². The molecule has 5 rings (SSSR count). The topological polar surface area (TPSA) is 82.2 Å². The Labute approximate surface area is 193 Å². The van der Waals surface area contributed by atoms with Gasteiger partial charge in [0.25, 0.3) is 5.91 Å². The van der Waals surface area contributed by atoms with E-state index in [0.717, 1.165) is 82.8 Å². The molecule has 3 aromatic rings. The second-order valence-corrected chi connectivity index (χ2v) is 9.92. The number of carbonyl (C=O) groups excluding carboxylic acids is 1. The number of aromatic nitrogens is 2. The summed E-state index contributed by atoms with van der Waals surface area (Å²) in [6.45, 7) is 6.02. The summed E-state index contributed by atoms with van der Waals surface area (Å²) in [5, 5.41) is 10.8. The first-order valence-corrected chi connectivity index (χ1v) is 12.3. The van der Waals surface area contributed by atoms with Crippen LogP contribution in [-0.4, -0.2) is 66.1 Å². The highest BCUT2D eigenvalue weighted by Gasteiger charge is 2.25. The van der Waals surface area contributed by atoms with E-state index in [2.05, 4.69) is 53.9 Å². The van der Waals surface area contributed by atoms with Crippen LogP contribution in [0.4, 0.5) is 5.95 Å². The van der Waals surface area contributed by atoms with Crippen molar-refractivity contribution in [2.75, 3.05) is 44.6 Å². The monoisotopic (exact) mass is 500 g/mol. The first-order chi connectivity index (χ1) is 15.2. The minimum atomic E-state index is 0.00877. The van der Waals surface area contributed by atoms with E-state index in [4.69, 9.17) is 4.98 Å². The van der Waals surface area contributed by atoms with Crippen molar-refractivity contribution in [3.05, 3.63) is 40.5 Å². The molecule has 162 valence electrons. The van der Waals surface area contributed by atoms with Gasteiger partial charge in [0.05, 0.1) is 9.35 Å². The Morgan fingerprint density at radius 1 is 1.29 bits per heavy atom. The second-order valence-electron chi connectivity index (χ2n) is 7.98. The standard InChI is InChI=1S/C22H25BrN6OS/c23-17-13-26-22(25-8-11-29-9-6-24-7-10-29)28-20(17)19-12-16-15(2-1-3-18(16)31-19)21(30)27-14-4-5-14/h1-3,12-14,24H,4-11H2,(H,27,30)(H,25,26,28). The Hall–Kier alpha value is -2.07. The Kier molecular flexibility index (Phi) is 6.17. The molecule has 3 heterocycles. The number of nitrogens with zero attached hydrogens (tertiary/aromatic N) is 3. The normalized spacial score (nSPS) is 17.1. The van der Waals surface area contributed by atoms with E-state index in [1.54, 1.807) is 17.5 Å². The summed E-state index contributed by atoms with van der Waals surface area (Å²) in [5.41, 5.74) is 1.57. The van der Waals surface area contributed by atoms with Gasteiger partial charge in [-0.2, -0.15) is 0 Å². The lowest BCUT2D eigenvalue weighted by Gasteiger charge is -2.27. The molecule has 3 N–H and O–H groups in total. The maximum Gasteiger partial charge on any atom is 0.252 e. The summed E-state index contributed by atoms with van der Waals surface area (Å²) >= 11 is 5.25. The van der Waals surface area contributed by atoms with E-state index in [-0.39, 0.29) is 5.91 Å². The number of fused-ring (bicyclic) bond motifs is 1. The predicted molar refractivity (Wildman–Crippen MR) is 129 cm³/mol. The average Bonchev–Trinajstić information content (AvgIpc) is 3.49. The zero-order chi connectivity index (χ0) is 21.2. The summed E-state index contributed by atoms with van der Waals surface area (Å²) in [5.74, 6) is 0.631. The number of carbonyl (C=O) groups is 1. The lowest BCUT2D eigenvalue weighted by Crippen LogP contribution is -2.45. The fourth-order valence-electron chi connectivity index (χ4n) is 3.75. The van der Waals surface area contributed by atoms with Crippen molar-refractivity contribution >= 4 is 49.2 Å². The molecule has 2 fully saturated rings. The number of hydrogen-bond donors (Lipinski definition) is 3. The molecule has 0 radical (unpaired) electrons. The van der Waals surface area contributed by atoms with Crippen LogP contribution in [0.2, 0.25) is 0 Å². The number of hydrogen-bond acceptors (Lipinski definition) is 7. The smallest absolute Gasteiger partial charge is 0.252 e. The minimum Gasteiger partial charge on any atom is -0.353 e. The van der Waals surface area contributed by atoms with Gasteiger partial charge in [0.1, 0.15) is 5.69 Å². The lowest BCUT2D eigenvalue weighted by atomic mass is 10.1. The summed E-state index contributed by atoms with van der Waals surface area (Å²) in [6, 6.07) is 8.31. The Balaban J connectivity index is 1.35. The number of nitrogens with one attached hydrogen (secondary N) is 3. The van der Waals surface area contributed by atoms with Crippen molar-refractivity contribution in [1.29, 1.82) is 0 Å². The summed E-state index contributed by atoms with van der Waals surface area (Å²) in [7, 11) is 0. The van der Waals surface area contributed by atoms with Crippen LogP contribution in [-0.2, 0) is 0 Å². The summed E-state index contributed by atoms with van der Waals surface area (Å²) in [4.78, 5) is 25.3. The molecule has 0 atom stereocenters. The van der Waals surface area contributed by atoms with Crippen LogP contribution in [0.25, 0.3) is 20.7 Å². The highest BCUT2D eigenvalue weighted by atomic mass is 79.9. The van der Waals surface area contributed by atoms with Crippen LogP contribution in [0.5, 0.6) is 0 Å². The van der Waals surface area contributed by atoms with Crippen molar-refractivity contribution < 1.29 is 4.79 Å². The number of benzene rings is 1. The molecule has 1 saturated heterocycles. The molecule has 1 saturated carbocycles. The molecule has 2 aromatic heterocycles. The van der Waals surface area contributed by atoms with Gasteiger partial charge in [0, 0.05) is 67.2 Å². The molecule has 1 aliphatic heterocycles. The van der Waals surface area contributed by atoms with Crippen LogP contribution >= 0.6 is 27.3 Å². The quantitative estimate of drug-likeness (QED) is 0.461. The van der Waals surface area contributed by atoms with Crippen LogP contribution in [0.15, 0.2) is 34.9 Å². The molecule has 9 heteroatoms. The maximum atomic E-state index is 12.7. The number of rotatable bonds is 7. The fourth-order valence-corrected chi connectivity index (χ4v) is 5.38. The number of thiophene rings is 1. The number of piperazine rings is 1. The molecule has 2 aliphatic rings. The third-order valence-electron chi connectivity index (χ3n) is 5.62. The van der Waals surface area contributed by atoms with Gasteiger partial charge in [-0.05, 0) is 47.0 Å². The molecule has 31 heavy (non-hydrogen) atoms. The molecule has 0 spiro atoms. The number of anilines is 1. The highest BCUT2D eigenvalue weighted by molar-refractivity contribution is 9.10. The Morgan fingerprint density at radius 2 is 2.13 bits per heavy atom. The zero-order valence-electron chi connectivity index (χ0n) is 17.2. The Morgan fingerprint density at radius 3 is 2.94 bits per heavy atom. The van der Waals surface area contributed by atoms with Crippen molar-refractivity contribution in [3.8, 4) is 10.6 Å². The lowest BCUT2D eigenvalue weighted by molar-refractivity contribution is 0.0953. The van der Waals surface area contributed by atoms with Gasteiger partial charge in [-0.25, -0.2) is 9.97 Å². The number of halogens is 1. The molecule has 1 aromatic carbocycles. The van der Waals surface area contributed by atoms with Gasteiger partial charge in [-0.3, -0.25) is 9.69 Å². The van der Waals surface area contributed by atoms with E-state index >= 15 is 0 Å². The van der Waals surface area contributed by atoms with Gasteiger partial charge >= 0.3 is 0 Å². The summed E-state index contributed by atoms with van der Waals surface area (Å²) in [6.07, 6.45) is 3.95. The molecule has 1 amide bonds. The second kappa shape index (κ2) is 9.20. The third-order valence-corrected chi connectivity index (χ3v) is 7.30. The van der Waals surface area contributed by atoms with E-state index in [9.17, 15) is 4.79 Å². The van der Waals surface area contributed by atoms with Crippen LogP contribution in [0, 0.1) is 0 Å². The van der Waals surface area contributed by atoms with E-state index in [1.807, 2.05) is 12.1 Å². The van der Waals surface area contributed by atoms with Gasteiger partial charge in [0.2, 0.25) is 5.95 Å². The van der Waals surface area contributed by atoms with Crippen LogP contribution in [0.3, 0.4) is 0 Å². The van der Waals surface area contributed by atoms with Crippen molar-refractivity contribution in [2.24, 2.45) is 0 Å². The third kappa shape index (κ3) is 4.90. The van der Waals surface area contributed by atoms with Gasteiger partial charge in [0.15, 0.2) is 0 Å². The van der Waals surface area contributed by atoms with Gasteiger partial charge in [-0.1, -0.05) is 6.07 Å². The molecule has 1 aliphatic carbocycles. The molecule has 7 nitrogen and oxygen atoms in total. The molecular weight excluding hydrogens is 476 g/mol. The first-order valence-electron chi connectivity index (χ1n) is 10.7. The maximum absolute atomic E-state index is 12.7. The largest absolute Gasteiger partial charge is 0.353 e.